The molecule has 0 bridgehead atoms. The summed E-state index contributed by atoms with van der Waals surface area (Å²) in [5.41, 5.74) is 5.94. The van der Waals surface area contributed by atoms with E-state index in [0.717, 1.165) is 18.3 Å². The second-order valence-corrected chi connectivity index (χ2v) is 4.70. The van der Waals surface area contributed by atoms with E-state index >= 15 is 0 Å². The Labute approximate surface area is 79.2 Å². The third-order valence-corrected chi connectivity index (χ3v) is 3.87. The lowest BCUT2D eigenvalue weighted by molar-refractivity contribution is 0.200. The standard InChI is InChI=1S/C9H19NOS/c1-11-6-3-7-12-9-5-2-4-8(9)10/h8-9H,2-7,10H2,1H3. The molecule has 2 N–H and O–H groups in total. The molecule has 0 aromatic heterocycles. The molecule has 2 unspecified atom stereocenters. The van der Waals surface area contributed by atoms with Gasteiger partial charge in [-0.3, -0.25) is 0 Å². The van der Waals surface area contributed by atoms with Crippen molar-refractivity contribution in [2.75, 3.05) is 19.5 Å². The third kappa shape index (κ3) is 3.33. The van der Waals surface area contributed by atoms with Crippen LogP contribution >= 0.6 is 11.8 Å². The lowest BCUT2D eigenvalue weighted by Crippen LogP contribution is -2.26. The van der Waals surface area contributed by atoms with Crippen LogP contribution in [0.15, 0.2) is 0 Å². The van der Waals surface area contributed by atoms with Gasteiger partial charge in [0, 0.05) is 25.0 Å². The van der Waals surface area contributed by atoms with Crippen LogP contribution in [0.25, 0.3) is 0 Å². The van der Waals surface area contributed by atoms with Crippen LogP contribution in [0.5, 0.6) is 0 Å². The highest BCUT2D eigenvalue weighted by Crippen LogP contribution is 2.28. The molecule has 0 aliphatic heterocycles. The molecule has 2 nitrogen and oxygen atoms in total. The van der Waals surface area contributed by atoms with Crippen molar-refractivity contribution in [2.45, 2.75) is 37.0 Å². The monoisotopic (exact) mass is 189 g/mol. The molecule has 12 heavy (non-hydrogen) atoms. The lowest BCUT2D eigenvalue weighted by atomic mass is 10.3. The van der Waals surface area contributed by atoms with Gasteiger partial charge in [0.2, 0.25) is 0 Å². The fraction of sp³-hybridized carbons (Fsp3) is 1.00. The summed E-state index contributed by atoms with van der Waals surface area (Å²) >= 11 is 2.03. The highest BCUT2D eigenvalue weighted by molar-refractivity contribution is 7.99. The predicted molar refractivity (Wildman–Crippen MR) is 54.6 cm³/mol. The maximum Gasteiger partial charge on any atom is 0.0470 e. The first-order valence-corrected chi connectivity index (χ1v) is 5.75. The molecular formula is C9H19NOS. The molecule has 1 fully saturated rings. The van der Waals surface area contributed by atoms with Crippen molar-refractivity contribution in [1.29, 1.82) is 0 Å². The zero-order valence-corrected chi connectivity index (χ0v) is 8.61. The Hall–Kier alpha value is 0.270. The van der Waals surface area contributed by atoms with E-state index in [2.05, 4.69) is 0 Å². The molecular weight excluding hydrogens is 170 g/mol. The Morgan fingerprint density at radius 2 is 2.33 bits per heavy atom. The van der Waals surface area contributed by atoms with Crippen LogP contribution in [0.1, 0.15) is 25.7 Å². The maximum atomic E-state index is 5.94. The molecule has 0 amide bonds. The number of hydrogen-bond acceptors (Lipinski definition) is 3. The number of hydrogen-bond donors (Lipinski definition) is 1. The van der Waals surface area contributed by atoms with E-state index < -0.39 is 0 Å². The largest absolute Gasteiger partial charge is 0.385 e. The van der Waals surface area contributed by atoms with E-state index in [4.69, 9.17) is 10.5 Å². The van der Waals surface area contributed by atoms with Crippen molar-refractivity contribution >= 4 is 11.8 Å². The van der Waals surface area contributed by atoms with Crippen molar-refractivity contribution < 1.29 is 4.74 Å². The van der Waals surface area contributed by atoms with Crippen molar-refractivity contribution in [3.8, 4) is 0 Å². The Morgan fingerprint density at radius 3 is 2.92 bits per heavy atom. The van der Waals surface area contributed by atoms with Crippen LogP contribution in [0.4, 0.5) is 0 Å². The minimum absolute atomic E-state index is 0.456. The van der Waals surface area contributed by atoms with Crippen LogP contribution in [-0.2, 0) is 4.74 Å². The van der Waals surface area contributed by atoms with Crippen molar-refractivity contribution in [3.63, 3.8) is 0 Å². The minimum Gasteiger partial charge on any atom is -0.385 e. The molecule has 0 aromatic carbocycles. The van der Waals surface area contributed by atoms with Gasteiger partial charge in [-0.15, -0.1) is 0 Å². The third-order valence-electron chi connectivity index (χ3n) is 2.33. The van der Waals surface area contributed by atoms with Gasteiger partial charge in [0.25, 0.3) is 0 Å². The molecule has 0 aromatic rings. The smallest absolute Gasteiger partial charge is 0.0470 e. The van der Waals surface area contributed by atoms with Gasteiger partial charge in [0.1, 0.15) is 0 Å². The van der Waals surface area contributed by atoms with E-state index in [0.29, 0.717) is 6.04 Å². The number of nitrogens with two attached hydrogens (primary N) is 1. The second-order valence-electron chi connectivity index (χ2n) is 3.35. The molecule has 3 heteroatoms. The molecule has 1 saturated carbocycles. The molecule has 2 atom stereocenters. The van der Waals surface area contributed by atoms with Gasteiger partial charge in [0.05, 0.1) is 0 Å². The highest BCUT2D eigenvalue weighted by atomic mass is 32.2. The van der Waals surface area contributed by atoms with Gasteiger partial charge in [-0.25, -0.2) is 0 Å². The quantitative estimate of drug-likeness (QED) is 0.668. The van der Waals surface area contributed by atoms with E-state index in [1.165, 1.54) is 25.0 Å². The minimum atomic E-state index is 0.456. The SMILES string of the molecule is COCCCSC1CCCC1N. The van der Waals surface area contributed by atoms with Crippen LogP contribution in [0.2, 0.25) is 0 Å². The number of rotatable bonds is 5. The molecule has 0 saturated heterocycles. The van der Waals surface area contributed by atoms with Crippen molar-refractivity contribution in [1.82, 2.24) is 0 Å². The summed E-state index contributed by atoms with van der Waals surface area (Å²) in [5, 5.41) is 0.724. The summed E-state index contributed by atoms with van der Waals surface area (Å²) in [7, 11) is 1.76. The van der Waals surface area contributed by atoms with Crippen LogP contribution in [0.3, 0.4) is 0 Å². The predicted octanol–water partition coefficient (Wildman–Crippen LogP) is 1.64. The highest BCUT2D eigenvalue weighted by Gasteiger charge is 2.23. The number of ether oxygens (including phenoxy) is 1. The summed E-state index contributed by atoms with van der Waals surface area (Å²) < 4.78 is 4.99. The van der Waals surface area contributed by atoms with Gasteiger partial charge >= 0.3 is 0 Å². The van der Waals surface area contributed by atoms with E-state index in [9.17, 15) is 0 Å². The number of thioether (sulfide) groups is 1. The molecule has 0 heterocycles. The molecule has 1 rings (SSSR count). The lowest BCUT2D eigenvalue weighted by Gasteiger charge is -2.13. The normalized spacial score (nSPS) is 29.5. The van der Waals surface area contributed by atoms with Crippen LogP contribution in [0, 0.1) is 0 Å². The van der Waals surface area contributed by atoms with Gasteiger partial charge in [-0.2, -0.15) is 11.8 Å². The fourth-order valence-corrected chi connectivity index (χ4v) is 2.90. The Kier molecular flexibility index (Phi) is 5.04. The van der Waals surface area contributed by atoms with E-state index in [1.807, 2.05) is 11.8 Å². The first-order chi connectivity index (χ1) is 5.84. The topological polar surface area (TPSA) is 35.2 Å². The Bertz CT molecular complexity index is 121. The Balaban J connectivity index is 1.98. The van der Waals surface area contributed by atoms with E-state index in [1.54, 1.807) is 7.11 Å². The summed E-state index contributed by atoms with van der Waals surface area (Å²) in [5.74, 6) is 1.20. The Morgan fingerprint density at radius 1 is 1.50 bits per heavy atom. The molecule has 1 aliphatic carbocycles. The van der Waals surface area contributed by atoms with Gasteiger partial charge < -0.3 is 10.5 Å². The second kappa shape index (κ2) is 5.84. The fourth-order valence-electron chi connectivity index (χ4n) is 1.60. The summed E-state index contributed by atoms with van der Waals surface area (Å²) in [6.45, 7) is 0.884. The maximum absolute atomic E-state index is 5.94. The van der Waals surface area contributed by atoms with Gasteiger partial charge in [-0.1, -0.05) is 6.42 Å². The summed E-state index contributed by atoms with van der Waals surface area (Å²) in [4.78, 5) is 0. The first-order valence-electron chi connectivity index (χ1n) is 4.70. The van der Waals surface area contributed by atoms with Gasteiger partial charge in [-0.05, 0) is 25.0 Å². The average Bonchev–Trinajstić information content (AvgIpc) is 2.46. The average molecular weight is 189 g/mol. The number of methoxy groups -OCH3 is 1. The van der Waals surface area contributed by atoms with Crippen molar-refractivity contribution in [2.24, 2.45) is 5.73 Å². The van der Waals surface area contributed by atoms with Crippen LogP contribution in [-0.4, -0.2) is 30.8 Å². The van der Waals surface area contributed by atoms with Crippen molar-refractivity contribution in [3.05, 3.63) is 0 Å². The molecule has 1 aliphatic rings. The summed E-state index contributed by atoms with van der Waals surface area (Å²) in [6.07, 6.45) is 5.02. The molecule has 72 valence electrons. The zero-order chi connectivity index (χ0) is 8.81. The molecule has 0 spiro atoms. The zero-order valence-electron chi connectivity index (χ0n) is 7.79. The van der Waals surface area contributed by atoms with E-state index in [-0.39, 0.29) is 0 Å². The molecule has 0 radical (unpaired) electrons. The van der Waals surface area contributed by atoms with Gasteiger partial charge in [0.15, 0.2) is 0 Å². The van der Waals surface area contributed by atoms with Crippen LogP contribution < -0.4 is 5.73 Å². The summed E-state index contributed by atoms with van der Waals surface area (Å²) in [6, 6.07) is 0.456. The first kappa shape index (κ1) is 10.4.